The van der Waals surface area contributed by atoms with E-state index in [1.165, 1.54) is 0 Å². The van der Waals surface area contributed by atoms with Crippen molar-refractivity contribution in [3.05, 3.63) is 0 Å². The van der Waals surface area contributed by atoms with E-state index < -0.39 is 5.43 Å². The minimum atomic E-state index is -0.732. The molecule has 3 nitrogen and oxygen atoms in total. The quantitative estimate of drug-likeness (QED) is 0.619. The van der Waals surface area contributed by atoms with Crippen LogP contribution in [0.3, 0.4) is 0 Å². The van der Waals surface area contributed by atoms with Crippen LogP contribution in [0.5, 0.6) is 0 Å². The van der Waals surface area contributed by atoms with Crippen molar-refractivity contribution in [2.24, 2.45) is 5.41 Å². The fourth-order valence-corrected chi connectivity index (χ4v) is 1.04. The molecule has 1 fully saturated rings. The first kappa shape index (κ1) is 8.81. The molecule has 0 N–H and O–H groups in total. The average molecular weight is 179 g/mol. The van der Waals surface area contributed by atoms with Crippen LogP contribution in [0, 0.1) is 5.41 Å². The number of hydrogen-bond acceptors (Lipinski definition) is 3. The molecule has 0 spiro atoms. The number of ether oxygens (including phenoxy) is 2. The third kappa shape index (κ3) is 2.07. The molecule has 1 aliphatic rings. The van der Waals surface area contributed by atoms with Crippen LogP contribution in [0.25, 0.3) is 0 Å². The van der Waals surface area contributed by atoms with Gasteiger partial charge in [-0.3, -0.25) is 0 Å². The van der Waals surface area contributed by atoms with Gasteiger partial charge in [-0.2, -0.15) is 0 Å². The lowest BCUT2D eigenvalue weighted by Gasteiger charge is -2.39. The number of carbonyl (C=O) groups excluding carboxylic acids is 1. The highest BCUT2D eigenvalue weighted by atomic mass is 35.5. The Balaban J connectivity index is 2.27. The fraction of sp³-hybridized carbons (Fsp3) is 0.857. The zero-order valence-electron chi connectivity index (χ0n) is 6.43. The summed E-state index contributed by atoms with van der Waals surface area (Å²) in [4.78, 5) is 10.2. The van der Waals surface area contributed by atoms with Gasteiger partial charge in [-0.1, -0.05) is 6.92 Å². The predicted molar refractivity (Wildman–Crippen MR) is 40.7 cm³/mol. The molecule has 0 aromatic carbocycles. The monoisotopic (exact) mass is 178 g/mol. The Kier molecular flexibility index (Phi) is 2.73. The van der Waals surface area contributed by atoms with Gasteiger partial charge in [0, 0.05) is 11.6 Å². The van der Waals surface area contributed by atoms with E-state index in [2.05, 4.69) is 4.74 Å². The topological polar surface area (TPSA) is 35.5 Å². The highest BCUT2D eigenvalue weighted by Gasteiger charge is 2.38. The summed E-state index contributed by atoms with van der Waals surface area (Å²) in [6.45, 7) is 3.78. The number of hydrogen-bond donors (Lipinski definition) is 0. The second-order valence-electron chi connectivity index (χ2n) is 2.87. The van der Waals surface area contributed by atoms with Crippen molar-refractivity contribution >= 4 is 17.0 Å². The Morgan fingerprint density at radius 2 is 2.36 bits per heavy atom. The lowest BCUT2D eigenvalue weighted by Crippen LogP contribution is -2.45. The maximum atomic E-state index is 10.2. The molecule has 4 heteroatoms. The minimum Gasteiger partial charge on any atom is -0.453 e. The summed E-state index contributed by atoms with van der Waals surface area (Å²) >= 11 is 5.02. The van der Waals surface area contributed by atoms with Crippen LogP contribution in [-0.4, -0.2) is 25.2 Å². The Bertz CT molecular complexity index is 148. The van der Waals surface area contributed by atoms with Gasteiger partial charge in [0.1, 0.15) is 6.61 Å². The van der Waals surface area contributed by atoms with Gasteiger partial charge in [-0.05, 0) is 6.42 Å². The summed E-state index contributed by atoms with van der Waals surface area (Å²) in [5.74, 6) is 0. The number of rotatable bonds is 3. The van der Waals surface area contributed by atoms with Crippen molar-refractivity contribution in [2.45, 2.75) is 13.3 Å². The highest BCUT2D eigenvalue weighted by Crippen LogP contribution is 2.31. The van der Waals surface area contributed by atoms with E-state index in [0.717, 1.165) is 6.42 Å². The van der Waals surface area contributed by atoms with Crippen LogP contribution in [0.15, 0.2) is 0 Å². The van der Waals surface area contributed by atoms with Crippen LogP contribution < -0.4 is 0 Å². The Morgan fingerprint density at radius 1 is 1.73 bits per heavy atom. The molecule has 0 unspecified atom stereocenters. The normalized spacial score (nSPS) is 20.5. The van der Waals surface area contributed by atoms with Crippen molar-refractivity contribution in [2.75, 3.05) is 19.8 Å². The molecule has 64 valence electrons. The molecule has 11 heavy (non-hydrogen) atoms. The van der Waals surface area contributed by atoms with Crippen LogP contribution in [-0.2, 0) is 9.47 Å². The molecule has 0 aromatic heterocycles. The van der Waals surface area contributed by atoms with Crippen molar-refractivity contribution in [3.63, 3.8) is 0 Å². The predicted octanol–water partition coefficient (Wildman–Crippen LogP) is 1.79. The number of halogens is 1. The van der Waals surface area contributed by atoms with E-state index in [4.69, 9.17) is 16.3 Å². The first-order chi connectivity index (χ1) is 5.18. The van der Waals surface area contributed by atoms with Gasteiger partial charge in [-0.15, -0.1) is 0 Å². The van der Waals surface area contributed by atoms with Crippen molar-refractivity contribution in [1.29, 1.82) is 0 Å². The minimum absolute atomic E-state index is 0.0462. The van der Waals surface area contributed by atoms with Gasteiger partial charge in [0.15, 0.2) is 0 Å². The molecule has 1 heterocycles. The molecule has 0 amide bonds. The van der Waals surface area contributed by atoms with E-state index in [0.29, 0.717) is 19.8 Å². The standard InChI is InChI=1S/C7H11ClO3/c1-2-7(3-10-4-7)5-11-6(8)9/h2-5H2,1H3. The summed E-state index contributed by atoms with van der Waals surface area (Å²) in [6, 6.07) is 0. The zero-order valence-corrected chi connectivity index (χ0v) is 7.19. The molecule has 1 rings (SSSR count). The largest absolute Gasteiger partial charge is 0.453 e. The third-order valence-electron chi connectivity index (χ3n) is 2.06. The Labute approximate surface area is 70.6 Å². The van der Waals surface area contributed by atoms with E-state index >= 15 is 0 Å². The van der Waals surface area contributed by atoms with E-state index in [1.807, 2.05) is 6.92 Å². The summed E-state index contributed by atoms with van der Waals surface area (Å²) in [5, 5.41) is 0. The number of carbonyl (C=O) groups is 1. The molecule has 0 atom stereocenters. The van der Waals surface area contributed by atoms with Crippen LogP contribution in [0.4, 0.5) is 4.79 Å². The van der Waals surface area contributed by atoms with E-state index in [-0.39, 0.29) is 5.41 Å². The van der Waals surface area contributed by atoms with Crippen LogP contribution in [0.1, 0.15) is 13.3 Å². The second-order valence-corrected chi connectivity index (χ2v) is 3.18. The molecule has 0 bridgehead atoms. The molecular formula is C7H11ClO3. The van der Waals surface area contributed by atoms with Gasteiger partial charge in [0.25, 0.3) is 0 Å². The first-order valence-corrected chi connectivity index (χ1v) is 3.96. The lowest BCUT2D eigenvalue weighted by molar-refractivity contribution is -0.137. The Hall–Kier alpha value is -0.280. The van der Waals surface area contributed by atoms with Gasteiger partial charge in [-0.25, -0.2) is 4.79 Å². The second kappa shape index (κ2) is 3.41. The van der Waals surface area contributed by atoms with Crippen LogP contribution in [0.2, 0.25) is 0 Å². The summed E-state index contributed by atoms with van der Waals surface area (Å²) in [6.07, 6.45) is 0.956. The third-order valence-corrected chi connectivity index (χ3v) is 2.17. The molecule has 0 aromatic rings. The molecule has 0 aliphatic carbocycles. The molecule has 1 saturated heterocycles. The van der Waals surface area contributed by atoms with E-state index in [1.54, 1.807) is 0 Å². The Morgan fingerprint density at radius 3 is 2.64 bits per heavy atom. The summed E-state index contributed by atoms with van der Waals surface area (Å²) < 4.78 is 9.71. The van der Waals surface area contributed by atoms with Gasteiger partial charge in [0.2, 0.25) is 0 Å². The first-order valence-electron chi connectivity index (χ1n) is 3.58. The SMILES string of the molecule is CCC1(COC(=O)Cl)COC1. The molecule has 1 aliphatic heterocycles. The van der Waals surface area contributed by atoms with Crippen molar-refractivity contribution < 1.29 is 14.3 Å². The fourth-order valence-electron chi connectivity index (χ4n) is 0.990. The molecular weight excluding hydrogens is 168 g/mol. The van der Waals surface area contributed by atoms with Crippen molar-refractivity contribution in [1.82, 2.24) is 0 Å². The lowest BCUT2D eigenvalue weighted by atomic mass is 9.84. The van der Waals surface area contributed by atoms with Gasteiger partial charge >= 0.3 is 5.43 Å². The molecule has 0 radical (unpaired) electrons. The smallest absolute Gasteiger partial charge is 0.403 e. The van der Waals surface area contributed by atoms with E-state index in [9.17, 15) is 4.79 Å². The summed E-state index contributed by atoms with van der Waals surface area (Å²) in [5.41, 5.74) is -0.686. The van der Waals surface area contributed by atoms with Gasteiger partial charge in [0.05, 0.1) is 18.6 Å². The maximum absolute atomic E-state index is 10.2. The van der Waals surface area contributed by atoms with Crippen molar-refractivity contribution in [3.8, 4) is 0 Å². The average Bonchev–Trinajstić information content (AvgIpc) is 1.86. The summed E-state index contributed by atoms with van der Waals surface area (Å²) in [7, 11) is 0. The molecule has 0 saturated carbocycles. The highest BCUT2D eigenvalue weighted by molar-refractivity contribution is 6.61. The zero-order chi connectivity index (χ0) is 8.32. The maximum Gasteiger partial charge on any atom is 0.403 e. The van der Waals surface area contributed by atoms with Crippen LogP contribution >= 0.6 is 11.6 Å². The van der Waals surface area contributed by atoms with Gasteiger partial charge < -0.3 is 9.47 Å².